The maximum atomic E-state index is 5.84. The van der Waals surface area contributed by atoms with Crippen LogP contribution in [0, 0.1) is 5.92 Å². The molecule has 0 amide bonds. The molecule has 1 fully saturated rings. The Morgan fingerprint density at radius 3 is 2.57 bits per heavy atom. The first-order chi connectivity index (χ1) is 10.2. The van der Waals surface area contributed by atoms with E-state index >= 15 is 0 Å². The molecule has 1 aliphatic rings. The van der Waals surface area contributed by atoms with E-state index in [-0.39, 0.29) is 0 Å². The van der Waals surface area contributed by atoms with Crippen molar-refractivity contribution in [3.63, 3.8) is 0 Å². The molecule has 1 aromatic rings. The van der Waals surface area contributed by atoms with Crippen LogP contribution in [0.2, 0.25) is 0 Å². The average molecular weight is 306 g/mol. The smallest absolute Gasteiger partial charge is 0.119 e. The summed E-state index contributed by atoms with van der Waals surface area (Å²) in [4.78, 5) is 3.05. The fourth-order valence-corrected chi connectivity index (χ4v) is 2.64. The van der Waals surface area contributed by atoms with Gasteiger partial charge >= 0.3 is 0 Å². The Hall–Kier alpha value is -1.13. The lowest BCUT2D eigenvalue weighted by Crippen LogP contribution is -2.31. The number of ether oxygens (including phenoxy) is 1. The second-order valence-corrected chi connectivity index (χ2v) is 6.40. The van der Waals surface area contributed by atoms with Crippen LogP contribution in [0.5, 0.6) is 5.75 Å². The zero-order chi connectivity index (χ0) is 15.1. The summed E-state index contributed by atoms with van der Waals surface area (Å²) in [5.74, 6) is 1.86. The largest absolute Gasteiger partial charge is 0.492 e. The molecule has 0 bridgehead atoms. The third-order valence-electron chi connectivity index (χ3n) is 3.73. The van der Waals surface area contributed by atoms with Gasteiger partial charge in [-0.2, -0.15) is 0 Å². The number of rotatable bonds is 10. The van der Waals surface area contributed by atoms with Crippen molar-refractivity contribution in [3.05, 3.63) is 29.8 Å². The van der Waals surface area contributed by atoms with Gasteiger partial charge in [0, 0.05) is 19.5 Å². The monoisotopic (exact) mass is 306 g/mol. The molecule has 0 spiro atoms. The van der Waals surface area contributed by atoms with Crippen molar-refractivity contribution in [3.8, 4) is 5.75 Å². The van der Waals surface area contributed by atoms with E-state index < -0.39 is 0 Å². The van der Waals surface area contributed by atoms with E-state index in [1.54, 1.807) is 0 Å². The van der Waals surface area contributed by atoms with Crippen LogP contribution in [0.3, 0.4) is 0 Å². The molecule has 1 saturated carbocycles. The van der Waals surface area contributed by atoms with Crippen molar-refractivity contribution in [2.75, 3.05) is 26.2 Å². The van der Waals surface area contributed by atoms with Gasteiger partial charge in [-0.25, -0.2) is 0 Å². The first-order valence-electron chi connectivity index (χ1n) is 7.89. The molecule has 0 saturated heterocycles. The summed E-state index contributed by atoms with van der Waals surface area (Å²) in [5.41, 5.74) is 6.68. The summed E-state index contributed by atoms with van der Waals surface area (Å²) in [6, 6.07) is 8.06. The van der Waals surface area contributed by atoms with Gasteiger partial charge in [-0.3, -0.25) is 4.90 Å². The molecule has 0 atom stereocenters. The molecule has 1 aliphatic carbocycles. The Bertz CT molecular complexity index is 443. The maximum absolute atomic E-state index is 5.84. The molecule has 0 aromatic heterocycles. The summed E-state index contributed by atoms with van der Waals surface area (Å²) < 4.78 is 5.84. The van der Waals surface area contributed by atoms with Crippen molar-refractivity contribution in [2.24, 2.45) is 11.7 Å². The minimum Gasteiger partial charge on any atom is -0.492 e. The standard InChI is InChI=1S/C17H26N2OS/c1-2-9-19(13-15-3-4-15)10-11-20-16-7-5-14(6-8-16)12-17(18)21/h5-8,15H,2-4,9-13H2,1H3,(H2,18,21). The highest BCUT2D eigenvalue weighted by molar-refractivity contribution is 7.80. The molecule has 2 rings (SSSR count). The highest BCUT2D eigenvalue weighted by Gasteiger charge is 2.23. The van der Waals surface area contributed by atoms with Crippen LogP contribution < -0.4 is 10.5 Å². The maximum Gasteiger partial charge on any atom is 0.119 e. The van der Waals surface area contributed by atoms with E-state index in [4.69, 9.17) is 22.7 Å². The average Bonchev–Trinajstić information content (AvgIpc) is 3.24. The van der Waals surface area contributed by atoms with Crippen molar-refractivity contribution >= 4 is 17.2 Å². The fourth-order valence-electron chi connectivity index (χ4n) is 2.47. The van der Waals surface area contributed by atoms with Crippen LogP contribution >= 0.6 is 12.2 Å². The number of nitrogens with zero attached hydrogens (tertiary/aromatic N) is 1. The van der Waals surface area contributed by atoms with E-state index in [9.17, 15) is 0 Å². The number of thiocarbonyl (C=S) groups is 1. The minimum absolute atomic E-state index is 0.527. The fraction of sp³-hybridized carbons (Fsp3) is 0.588. The Labute approximate surface area is 133 Å². The van der Waals surface area contributed by atoms with E-state index in [1.807, 2.05) is 24.3 Å². The van der Waals surface area contributed by atoms with Crippen molar-refractivity contribution in [2.45, 2.75) is 32.6 Å². The lowest BCUT2D eigenvalue weighted by Gasteiger charge is -2.21. The molecule has 0 heterocycles. The topological polar surface area (TPSA) is 38.5 Å². The second kappa shape index (κ2) is 8.35. The zero-order valence-corrected chi connectivity index (χ0v) is 13.7. The Kier molecular flexibility index (Phi) is 6.46. The number of nitrogens with two attached hydrogens (primary N) is 1. The molecule has 0 unspecified atom stereocenters. The van der Waals surface area contributed by atoms with Gasteiger partial charge in [0.05, 0.1) is 4.99 Å². The predicted molar refractivity (Wildman–Crippen MR) is 91.9 cm³/mol. The van der Waals surface area contributed by atoms with Gasteiger partial charge in [0.2, 0.25) is 0 Å². The minimum atomic E-state index is 0.527. The van der Waals surface area contributed by atoms with Gasteiger partial charge in [0.1, 0.15) is 12.4 Å². The summed E-state index contributed by atoms with van der Waals surface area (Å²) in [6.07, 6.45) is 4.68. The highest BCUT2D eigenvalue weighted by Crippen LogP contribution is 2.29. The molecular weight excluding hydrogens is 280 g/mol. The van der Waals surface area contributed by atoms with Gasteiger partial charge in [-0.15, -0.1) is 0 Å². The van der Waals surface area contributed by atoms with E-state index in [1.165, 1.54) is 32.4 Å². The predicted octanol–water partition coefficient (Wildman–Crippen LogP) is 3.02. The first kappa shape index (κ1) is 16.2. The summed E-state index contributed by atoms with van der Waals surface area (Å²) >= 11 is 4.91. The van der Waals surface area contributed by atoms with Crippen molar-refractivity contribution in [1.29, 1.82) is 0 Å². The van der Waals surface area contributed by atoms with Crippen LogP contribution in [-0.2, 0) is 6.42 Å². The summed E-state index contributed by atoms with van der Waals surface area (Å²) in [6.45, 7) is 6.42. The second-order valence-electron chi connectivity index (χ2n) is 5.88. The molecular formula is C17H26N2OS. The van der Waals surface area contributed by atoms with Crippen LogP contribution in [0.15, 0.2) is 24.3 Å². The van der Waals surface area contributed by atoms with Crippen molar-refractivity contribution in [1.82, 2.24) is 4.90 Å². The van der Waals surface area contributed by atoms with Crippen LogP contribution in [0.25, 0.3) is 0 Å². The molecule has 1 aromatic carbocycles. The molecule has 4 heteroatoms. The van der Waals surface area contributed by atoms with Crippen LogP contribution in [0.1, 0.15) is 31.7 Å². The van der Waals surface area contributed by atoms with Gasteiger partial charge < -0.3 is 10.5 Å². The molecule has 116 valence electrons. The van der Waals surface area contributed by atoms with Gasteiger partial charge in [0.15, 0.2) is 0 Å². The van der Waals surface area contributed by atoms with Crippen molar-refractivity contribution < 1.29 is 4.74 Å². The summed E-state index contributed by atoms with van der Waals surface area (Å²) in [5, 5.41) is 0. The molecule has 2 N–H and O–H groups in total. The molecule has 0 radical (unpaired) electrons. The Morgan fingerprint density at radius 2 is 2.00 bits per heavy atom. The molecule has 0 aliphatic heterocycles. The Balaban J connectivity index is 1.72. The third kappa shape index (κ3) is 6.44. The van der Waals surface area contributed by atoms with E-state index in [2.05, 4.69) is 11.8 Å². The van der Waals surface area contributed by atoms with Gasteiger partial charge in [-0.05, 0) is 49.4 Å². The lowest BCUT2D eigenvalue weighted by atomic mass is 10.1. The van der Waals surface area contributed by atoms with Crippen LogP contribution in [-0.4, -0.2) is 36.1 Å². The van der Waals surface area contributed by atoms with Gasteiger partial charge in [0.25, 0.3) is 0 Å². The Morgan fingerprint density at radius 1 is 1.29 bits per heavy atom. The SMILES string of the molecule is CCCN(CCOc1ccc(CC(N)=S)cc1)CC1CC1. The lowest BCUT2D eigenvalue weighted by molar-refractivity contribution is 0.203. The third-order valence-corrected chi connectivity index (χ3v) is 3.88. The van der Waals surface area contributed by atoms with Gasteiger partial charge in [-0.1, -0.05) is 31.3 Å². The normalized spacial score (nSPS) is 14.4. The van der Waals surface area contributed by atoms with Crippen LogP contribution in [0.4, 0.5) is 0 Å². The first-order valence-corrected chi connectivity index (χ1v) is 8.30. The molecule has 21 heavy (non-hydrogen) atoms. The number of benzene rings is 1. The summed E-state index contributed by atoms with van der Waals surface area (Å²) in [7, 11) is 0. The number of hydrogen-bond donors (Lipinski definition) is 1. The molecule has 3 nitrogen and oxygen atoms in total. The number of hydrogen-bond acceptors (Lipinski definition) is 3. The van der Waals surface area contributed by atoms with E-state index in [0.717, 1.165) is 30.4 Å². The zero-order valence-electron chi connectivity index (χ0n) is 12.9. The van der Waals surface area contributed by atoms with E-state index in [0.29, 0.717) is 11.4 Å². The highest BCUT2D eigenvalue weighted by atomic mass is 32.1. The quantitative estimate of drug-likeness (QED) is 0.674.